The van der Waals surface area contributed by atoms with E-state index >= 15 is 0 Å². The monoisotopic (exact) mass is 387 g/mol. The van der Waals surface area contributed by atoms with Crippen molar-refractivity contribution >= 4 is 37.7 Å². The van der Waals surface area contributed by atoms with Crippen LogP contribution in [0.1, 0.15) is 0 Å². The number of rotatable bonds is 6. The van der Waals surface area contributed by atoms with E-state index in [2.05, 4.69) is 15.9 Å². The molecule has 2 aromatic carbocycles. The molecule has 0 aromatic heterocycles. The Bertz CT molecular complexity index is 702. The summed E-state index contributed by atoms with van der Waals surface area (Å²) in [5, 5.41) is 5.03. The minimum Gasteiger partial charge on any atom is -0.493 e. The van der Waals surface area contributed by atoms with Crippen LogP contribution >= 0.6 is 27.7 Å². The molecule has 0 saturated carbocycles. The van der Waals surface area contributed by atoms with Crippen LogP contribution in [0, 0.1) is 0 Å². The van der Waals surface area contributed by atoms with E-state index in [1.165, 1.54) is 12.1 Å². The second-order valence-corrected chi connectivity index (χ2v) is 7.82. The Labute approximate surface area is 136 Å². The molecule has 0 saturated heterocycles. The Morgan fingerprint density at radius 1 is 1.14 bits per heavy atom. The van der Waals surface area contributed by atoms with Gasteiger partial charge in [-0.2, -0.15) is 0 Å². The molecule has 0 amide bonds. The molecule has 7 heteroatoms. The van der Waals surface area contributed by atoms with E-state index in [1.807, 2.05) is 24.3 Å². The lowest BCUT2D eigenvalue weighted by atomic mass is 10.3. The quantitative estimate of drug-likeness (QED) is 0.609. The van der Waals surface area contributed by atoms with Crippen molar-refractivity contribution in [2.45, 2.75) is 9.79 Å². The average Bonchev–Trinajstić information content (AvgIpc) is 2.43. The molecule has 0 atom stereocenters. The van der Waals surface area contributed by atoms with Gasteiger partial charge in [-0.05, 0) is 42.5 Å². The average molecular weight is 388 g/mol. The number of sulfonamides is 1. The maximum atomic E-state index is 11.1. The molecule has 0 aliphatic heterocycles. The Morgan fingerprint density at radius 3 is 2.48 bits per heavy atom. The summed E-state index contributed by atoms with van der Waals surface area (Å²) in [7, 11) is -3.65. The summed E-state index contributed by atoms with van der Waals surface area (Å²) < 4.78 is 28.8. The van der Waals surface area contributed by atoms with Crippen molar-refractivity contribution < 1.29 is 13.2 Å². The largest absolute Gasteiger partial charge is 0.493 e. The molecule has 0 aliphatic rings. The molecular weight excluding hydrogens is 374 g/mol. The van der Waals surface area contributed by atoms with E-state index in [0.717, 1.165) is 15.1 Å². The first-order chi connectivity index (χ1) is 9.95. The lowest BCUT2D eigenvalue weighted by molar-refractivity contribution is 0.343. The van der Waals surface area contributed by atoms with Crippen molar-refractivity contribution in [1.29, 1.82) is 0 Å². The number of halogens is 1. The molecule has 0 unspecified atom stereocenters. The highest BCUT2D eigenvalue weighted by atomic mass is 79.9. The third kappa shape index (κ3) is 5.35. The molecule has 2 aromatic rings. The molecule has 112 valence electrons. The Hall–Kier alpha value is -1.02. The minimum atomic E-state index is -3.65. The highest BCUT2D eigenvalue weighted by Gasteiger charge is 2.06. The van der Waals surface area contributed by atoms with Gasteiger partial charge in [0.1, 0.15) is 5.75 Å². The van der Waals surface area contributed by atoms with Crippen molar-refractivity contribution in [3.8, 4) is 5.75 Å². The van der Waals surface area contributed by atoms with Gasteiger partial charge in [0.05, 0.1) is 11.5 Å². The van der Waals surface area contributed by atoms with Crippen LogP contribution in [0.2, 0.25) is 0 Å². The Morgan fingerprint density at radius 2 is 1.86 bits per heavy atom. The maximum Gasteiger partial charge on any atom is 0.238 e. The summed E-state index contributed by atoms with van der Waals surface area (Å²) in [4.78, 5) is 1.25. The summed E-state index contributed by atoms with van der Waals surface area (Å²) in [6, 6.07) is 14.1. The second kappa shape index (κ2) is 7.31. The molecule has 4 nitrogen and oxygen atoms in total. The van der Waals surface area contributed by atoms with Gasteiger partial charge < -0.3 is 4.74 Å². The first kappa shape index (κ1) is 16.4. The van der Waals surface area contributed by atoms with Crippen molar-refractivity contribution in [1.82, 2.24) is 0 Å². The fourth-order valence-corrected chi connectivity index (χ4v) is 3.46. The molecule has 0 aliphatic carbocycles. The van der Waals surface area contributed by atoms with E-state index in [0.29, 0.717) is 12.4 Å². The van der Waals surface area contributed by atoms with E-state index in [1.54, 1.807) is 23.9 Å². The lowest BCUT2D eigenvalue weighted by Crippen LogP contribution is -2.11. The molecule has 2 rings (SSSR count). The van der Waals surface area contributed by atoms with Crippen LogP contribution in [0.5, 0.6) is 5.75 Å². The van der Waals surface area contributed by atoms with Crippen LogP contribution in [0.3, 0.4) is 0 Å². The number of thioether (sulfide) groups is 1. The predicted octanol–water partition coefficient (Wildman–Crippen LogP) is 3.27. The molecule has 2 N–H and O–H groups in total. The van der Waals surface area contributed by atoms with Crippen LogP contribution < -0.4 is 9.88 Å². The van der Waals surface area contributed by atoms with Crippen LogP contribution in [0.25, 0.3) is 0 Å². The summed E-state index contributed by atoms with van der Waals surface area (Å²) in [6.07, 6.45) is 0. The Balaban J connectivity index is 1.81. The van der Waals surface area contributed by atoms with Crippen molar-refractivity contribution in [2.75, 3.05) is 12.4 Å². The van der Waals surface area contributed by atoms with Crippen LogP contribution in [0.4, 0.5) is 0 Å². The highest BCUT2D eigenvalue weighted by molar-refractivity contribution is 9.10. The zero-order valence-corrected chi connectivity index (χ0v) is 14.2. The highest BCUT2D eigenvalue weighted by Crippen LogP contribution is 2.22. The van der Waals surface area contributed by atoms with E-state index in [9.17, 15) is 8.42 Å². The van der Waals surface area contributed by atoms with Gasteiger partial charge >= 0.3 is 0 Å². The third-order valence-corrected chi connectivity index (χ3v) is 4.95. The predicted molar refractivity (Wildman–Crippen MR) is 88.2 cm³/mol. The topological polar surface area (TPSA) is 69.4 Å². The Kier molecular flexibility index (Phi) is 5.69. The van der Waals surface area contributed by atoms with Crippen molar-refractivity contribution in [3.05, 3.63) is 53.0 Å². The lowest BCUT2D eigenvalue weighted by Gasteiger charge is -2.07. The molecule has 0 spiro atoms. The number of benzene rings is 2. The zero-order chi connectivity index (χ0) is 15.3. The van der Waals surface area contributed by atoms with Gasteiger partial charge in [-0.1, -0.05) is 22.0 Å². The first-order valence-electron chi connectivity index (χ1n) is 6.09. The van der Waals surface area contributed by atoms with Gasteiger partial charge in [0.2, 0.25) is 10.0 Å². The fraction of sp³-hybridized carbons (Fsp3) is 0.143. The summed E-state index contributed by atoms with van der Waals surface area (Å²) in [5.41, 5.74) is 0. The van der Waals surface area contributed by atoms with E-state index in [-0.39, 0.29) is 4.90 Å². The molecule has 0 fully saturated rings. The maximum absolute atomic E-state index is 11.1. The van der Waals surface area contributed by atoms with E-state index < -0.39 is 10.0 Å². The van der Waals surface area contributed by atoms with Gasteiger partial charge in [-0.15, -0.1) is 11.8 Å². The van der Waals surface area contributed by atoms with Gasteiger partial charge in [-0.25, -0.2) is 13.6 Å². The summed E-state index contributed by atoms with van der Waals surface area (Å²) in [6.45, 7) is 0.534. The number of hydrogen-bond acceptors (Lipinski definition) is 4. The van der Waals surface area contributed by atoms with Gasteiger partial charge in [0.15, 0.2) is 0 Å². The van der Waals surface area contributed by atoms with Gasteiger partial charge in [0, 0.05) is 15.1 Å². The number of primary sulfonamides is 1. The SMILES string of the molecule is NS(=O)(=O)c1ccc(OCCSc2cccc(Br)c2)cc1. The summed E-state index contributed by atoms with van der Waals surface area (Å²) >= 11 is 5.12. The minimum absolute atomic E-state index is 0.0818. The van der Waals surface area contributed by atoms with Gasteiger partial charge in [0.25, 0.3) is 0 Å². The normalized spacial score (nSPS) is 11.3. The number of ether oxygens (including phenoxy) is 1. The first-order valence-corrected chi connectivity index (χ1v) is 9.42. The van der Waals surface area contributed by atoms with Crippen molar-refractivity contribution in [3.63, 3.8) is 0 Å². The van der Waals surface area contributed by atoms with Crippen molar-refractivity contribution in [2.24, 2.45) is 5.14 Å². The fourth-order valence-electron chi connectivity index (χ4n) is 1.60. The smallest absolute Gasteiger partial charge is 0.238 e. The van der Waals surface area contributed by atoms with Crippen LogP contribution in [0.15, 0.2) is 62.8 Å². The molecule has 0 bridgehead atoms. The second-order valence-electron chi connectivity index (χ2n) is 4.17. The third-order valence-electron chi connectivity index (χ3n) is 2.57. The van der Waals surface area contributed by atoms with Crippen LogP contribution in [-0.4, -0.2) is 20.8 Å². The number of nitrogens with two attached hydrogens (primary N) is 1. The zero-order valence-electron chi connectivity index (χ0n) is 11.0. The van der Waals surface area contributed by atoms with E-state index in [4.69, 9.17) is 9.88 Å². The standard InChI is InChI=1S/C14H14BrNO3S2/c15-11-2-1-3-13(10-11)20-9-8-19-12-4-6-14(7-5-12)21(16,17)18/h1-7,10H,8-9H2,(H2,16,17,18). The molecule has 21 heavy (non-hydrogen) atoms. The number of hydrogen-bond donors (Lipinski definition) is 1. The van der Waals surface area contributed by atoms with Gasteiger partial charge in [-0.3, -0.25) is 0 Å². The summed E-state index contributed by atoms with van der Waals surface area (Å²) in [5.74, 6) is 1.42. The molecule has 0 radical (unpaired) electrons. The van der Waals surface area contributed by atoms with Crippen LogP contribution in [-0.2, 0) is 10.0 Å². The molecular formula is C14H14BrNO3S2. The molecule has 0 heterocycles.